The lowest BCUT2D eigenvalue weighted by atomic mass is 10.1. The Balaban J connectivity index is 1.61. The van der Waals surface area contributed by atoms with Crippen LogP contribution in [-0.2, 0) is 11.2 Å². The minimum absolute atomic E-state index is 0.0698. The molecule has 0 spiro atoms. The van der Waals surface area contributed by atoms with Crippen molar-refractivity contribution in [3.05, 3.63) is 58.6 Å². The van der Waals surface area contributed by atoms with Crippen molar-refractivity contribution in [2.45, 2.75) is 19.8 Å². The largest absolute Gasteiger partial charge is 0.497 e. The summed E-state index contributed by atoms with van der Waals surface area (Å²) in [5.41, 5.74) is 0.539. The lowest BCUT2D eigenvalue weighted by Crippen LogP contribution is -2.13. The number of ether oxygens (including phenoxy) is 4. The van der Waals surface area contributed by atoms with Crippen molar-refractivity contribution < 1.29 is 23.7 Å². The first kappa shape index (κ1) is 25.5. The van der Waals surface area contributed by atoms with E-state index in [1.165, 1.54) is 24.5 Å². The standard InChI is InChI=1S/C25H26N4O5S/c1-4-6-23-28-29-25(35-23)27-24(30)18(16-26)13-17-9-10-21(22(14-17)32-3)34-12-11-33-20-8-5-7-19(15-20)31-2/h5,7-10,13-15H,4,6,11-12H2,1-3H3,(H,27,29,30)/b18-13-. The Morgan fingerprint density at radius 3 is 2.60 bits per heavy atom. The Morgan fingerprint density at radius 1 is 1.06 bits per heavy atom. The summed E-state index contributed by atoms with van der Waals surface area (Å²) in [6.07, 6.45) is 3.19. The van der Waals surface area contributed by atoms with Crippen molar-refractivity contribution >= 4 is 28.5 Å². The summed E-state index contributed by atoms with van der Waals surface area (Å²) in [7, 11) is 3.12. The molecule has 0 aliphatic rings. The summed E-state index contributed by atoms with van der Waals surface area (Å²) in [5.74, 6) is 1.81. The lowest BCUT2D eigenvalue weighted by molar-refractivity contribution is -0.112. The number of amides is 1. The molecule has 35 heavy (non-hydrogen) atoms. The van der Waals surface area contributed by atoms with Crippen molar-refractivity contribution in [3.63, 3.8) is 0 Å². The average Bonchev–Trinajstić information content (AvgIpc) is 3.32. The van der Waals surface area contributed by atoms with Crippen LogP contribution in [0.5, 0.6) is 23.0 Å². The van der Waals surface area contributed by atoms with Crippen LogP contribution in [0.3, 0.4) is 0 Å². The number of nitrogens with one attached hydrogen (secondary N) is 1. The van der Waals surface area contributed by atoms with Crippen molar-refractivity contribution in [2.75, 3.05) is 32.8 Å². The minimum atomic E-state index is -0.555. The number of nitriles is 1. The van der Waals surface area contributed by atoms with Gasteiger partial charge >= 0.3 is 0 Å². The minimum Gasteiger partial charge on any atom is -0.497 e. The van der Waals surface area contributed by atoms with E-state index in [-0.39, 0.29) is 12.2 Å². The molecule has 1 heterocycles. The van der Waals surface area contributed by atoms with E-state index in [4.69, 9.17) is 18.9 Å². The average molecular weight is 495 g/mol. The second kappa shape index (κ2) is 13.0. The van der Waals surface area contributed by atoms with Crippen molar-refractivity contribution in [1.82, 2.24) is 10.2 Å². The van der Waals surface area contributed by atoms with Gasteiger partial charge in [0, 0.05) is 12.5 Å². The maximum atomic E-state index is 12.5. The molecule has 2 aromatic carbocycles. The third kappa shape index (κ3) is 7.45. The summed E-state index contributed by atoms with van der Waals surface area (Å²) in [6.45, 7) is 2.65. The zero-order valence-electron chi connectivity index (χ0n) is 19.7. The number of carbonyl (C=O) groups is 1. The maximum Gasteiger partial charge on any atom is 0.268 e. The van der Waals surface area contributed by atoms with Gasteiger partial charge < -0.3 is 18.9 Å². The number of aromatic nitrogens is 2. The molecule has 0 aliphatic heterocycles. The Labute approximate surface area is 207 Å². The van der Waals surface area contributed by atoms with Gasteiger partial charge in [-0.1, -0.05) is 30.4 Å². The van der Waals surface area contributed by atoms with Gasteiger partial charge in [-0.2, -0.15) is 5.26 Å². The van der Waals surface area contributed by atoms with Crippen LogP contribution in [0.1, 0.15) is 23.9 Å². The van der Waals surface area contributed by atoms with Gasteiger partial charge in [0.25, 0.3) is 5.91 Å². The van der Waals surface area contributed by atoms with E-state index >= 15 is 0 Å². The molecule has 1 amide bonds. The molecular weight excluding hydrogens is 468 g/mol. The first-order chi connectivity index (χ1) is 17.1. The highest BCUT2D eigenvalue weighted by molar-refractivity contribution is 7.15. The fraction of sp³-hybridized carbons (Fsp3) is 0.280. The van der Waals surface area contributed by atoms with Gasteiger partial charge in [-0.15, -0.1) is 10.2 Å². The maximum absolute atomic E-state index is 12.5. The highest BCUT2D eigenvalue weighted by Gasteiger charge is 2.14. The quantitative estimate of drug-likeness (QED) is 0.222. The summed E-state index contributed by atoms with van der Waals surface area (Å²) >= 11 is 1.29. The molecule has 0 unspecified atom stereocenters. The van der Waals surface area contributed by atoms with Gasteiger partial charge in [-0.3, -0.25) is 10.1 Å². The SMILES string of the molecule is CCCc1nnc(NC(=O)/C(C#N)=C\c2ccc(OCCOc3cccc(OC)c3)c(OC)c2)s1. The molecule has 0 bridgehead atoms. The lowest BCUT2D eigenvalue weighted by Gasteiger charge is -2.12. The van der Waals surface area contributed by atoms with Crippen molar-refractivity contribution in [1.29, 1.82) is 5.26 Å². The van der Waals surface area contributed by atoms with E-state index < -0.39 is 5.91 Å². The summed E-state index contributed by atoms with van der Waals surface area (Å²) in [4.78, 5) is 12.5. The Bertz CT molecular complexity index is 1220. The van der Waals surface area contributed by atoms with Crippen LogP contribution < -0.4 is 24.3 Å². The van der Waals surface area contributed by atoms with Crippen molar-refractivity contribution in [2.24, 2.45) is 0 Å². The molecule has 3 aromatic rings. The zero-order valence-corrected chi connectivity index (χ0v) is 20.6. The Kier molecular flexibility index (Phi) is 9.45. The highest BCUT2D eigenvalue weighted by atomic mass is 32.1. The summed E-state index contributed by atoms with van der Waals surface area (Å²) in [6, 6.07) is 14.4. The first-order valence-electron chi connectivity index (χ1n) is 10.9. The van der Waals surface area contributed by atoms with Crippen LogP contribution in [-0.4, -0.2) is 43.5 Å². The third-order valence-corrected chi connectivity index (χ3v) is 5.56. The van der Waals surface area contributed by atoms with E-state index in [1.807, 2.05) is 31.2 Å². The highest BCUT2D eigenvalue weighted by Crippen LogP contribution is 2.29. The molecule has 0 atom stereocenters. The van der Waals surface area contributed by atoms with Gasteiger partial charge in [0.1, 0.15) is 41.4 Å². The predicted molar refractivity (Wildman–Crippen MR) is 133 cm³/mol. The number of benzene rings is 2. The first-order valence-corrected chi connectivity index (χ1v) is 11.7. The second-order valence-corrected chi connectivity index (χ2v) is 8.22. The molecular formula is C25H26N4O5S. The smallest absolute Gasteiger partial charge is 0.268 e. The van der Waals surface area contributed by atoms with Crippen LogP contribution in [0.25, 0.3) is 6.08 Å². The van der Waals surface area contributed by atoms with Crippen molar-refractivity contribution in [3.8, 4) is 29.1 Å². The zero-order chi connectivity index (χ0) is 25.0. The molecule has 1 aromatic heterocycles. The van der Waals surface area contributed by atoms with Gasteiger partial charge in [0.2, 0.25) is 5.13 Å². The molecule has 3 rings (SSSR count). The van der Waals surface area contributed by atoms with E-state index in [1.54, 1.807) is 31.4 Å². The molecule has 9 nitrogen and oxygen atoms in total. The van der Waals surface area contributed by atoms with E-state index in [9.17, 15) is 10.1 Å². The number of hydrogen-bond acceptors (Lipinski definition) is 9. The molecule has 0 saturated heterocycles. The van der Waals surface area contributed by atoms with E-state index in [2.05, 4.69) is 15.5 Å². The Hall–Kier alpha value is -4.10. The molecule has 0 aliphatic carbocycles. The van der Waals surface area contributed by atoms with E-state index in [0.717, 1.165) is 17.8 Å². The number of nitrogens with zero attached hydrogens (tertiary/aromatic N) is 3. The molecule has 0 saturated carbocycles. The normalized spacial score (nSPS) is 10.9. The number of carbonyl (C=O) groups excluding carboxylic acids is 1. The second-order valence-electron chi connectivity index (χ2n) is 7.16. The number of aryl methyl sites for hydroxylation is 1. The van der Waals surface area contributed by atoms with Crippen LogP contribution in [0.4, 0.5) is 5.13 Å². The predicted octanol–water partition coefficient (Wildman–Crippen LogP) is 4.51. The van der Waals surface area contributed by atoms with Gasteiger partial charge in [0.05, 0.1) is 14.2 Å². The molecule has 1 N–H and O–H groups in total. The number of methoxy groups -OCH3 is 2. The summed E-state index contributed by atoms with van der Waals surface area (Å²) < 4.78 is 22.1. The molecule has 0 fully saturated rings. The van der Waals surface area contributed by atoms with E-state index in [0.29, 0.717) is 40.3 Å². The third-order valence-electron chi connectivity index (χ3n) is 4.67. The number of hydrogen-bond donors (Lipinski definition) is 1. The van der Waals surface area contributed by atoms with Crippen LogP contribution >= 0.6 is 11.3 Å². The number of anilines is 1. The van der Waals surface area contributed by atoms with Crippen LogP contribution in [0.15, 0.2) is 48.0 Å². The van der Waals surface area contributed by atoms with Gasteiger partial charge in [-0.05, 0) is 42.3 Å². The monoisotopic (exact) mass is 494 g/mol. The summed E-state index contributed by atoms with van der Waals surface area (Å²) in [5, 5.41) is 21.3. The fourth-order valence-electron chi connectivity index (χ4n) is 2.99. The van der Waals surface area contributed by atoms with Gasteiger partial charge in [0.15, 0.2) is 11.5 Å². The molecule has 182 valence electrons. The van der Waals surface area contributed by atoms with Crippen LogP contribution in [0, 0.1) is 11.3 Å². The Morgan fingerprint density at radius 2 is 1.86 bits per heavy atom. The number of rotatable bonds is 12. The topological polar surface area (TPSA) is 116 Å². The van der Waals surface area contributed by atoms with Crippen LogP contribution in [0.2, 0.25) is 0 Å². The molecule has 10 heteroatoms. The fourth-order valence-corrected chi connectivity index (χ4v) is 3.83. The molecule has 0 radical (unpaired) electrons. The van der Waals surface area contributed by atoms with Gasteiger partial charge in [-0.25, -0.2) is 0 Å².